The molecule has 2 fully saturated rings. The molecule has 4 atom stereocenters. The van der Waals surface area contributed by atoms with Gasteiger partial charge in [-0.15, -0.1) is 0 Å². The Morgan fingerprint density at radius 3 is 2.67 bits per heavy atom. The fourth-order valence-electron chi connectivity index (χ4n) is 7.56. The van der Waals surface area contributed by atoms with Crippen LogP contribution in [0.1, 0.15) is 89.2 Å². The summed E-state index contributed by atoms with van der Waals surface area (Å²) in [6.45, 7) is 11.1. The highest BCUT2D eigenvalue weighted by molar-refractivity contribution is 5.91. The first kappa shape index (κ1) is 23.0. The summed E-state index contributed by atoms with van der Waals surface area (Å²) in [4.78, 5) is 16.0. The van der Waals surface area contributed by atoms with Crippen LogP contribution in [0.15, 0.2) is 24.4 Å². The summed E-state index contributed by atoms with van der Waals surface area (Å²) in [5.41, 5.74) is 4.34. The number of hydrogen-bond acceptors (Lipinski definition) is 1. The van der Waals surface area contributed by atoms with E-state index in [1.54, 1.807) is 5.56 Å². The molecule has 33 heavy (non-hydrogen) atoms. The third-order valence-corrected chi connectivity index (χ3v) is 9.30. The molecule has 1 aliphatic carbocycles. The van der Waals surface area contributed by atoms with Crippen LogP contribution in [0.3, 0.4) is 0 Å². The zero-order chi connectivity index (χ0) is 23.2. The number of piperidine rings is 1. The summed E-state index contributed by atoms with van der Waals surface area (Å²) >= 11 is 0. The minimum absolute atomic E-state index is 0.157. The summed E-state index contributed by atoms with van der Waals surface area (Å²) < 4.78 is 3.58. The van der Waals surface area contributed by atoms with Crippen molar-refractivity contribution >= 4 is 16.8 Å². The maximum absolute atomic E-state index is 13.9. The van der Waals surface area contributed by atoms with Gasteiger partial charge in [0.25, 0.3) is 5.91 Å². The largest absolute Gasteiger partial charge is 0.347 e. The molecule has 2 aromatic rings. The number of carbonyl (C=O) groups excluding carboxylic acids is 1. The fraction of sp³-hybridized carbons (Fsp3) is 0.690. The number of likely N-dealkylation sites (N-methyl/N-ethyl adjacent to an activating group) is 1. The lowest BCUT2D eigenvalue weighted by Crippen LogP contribution is -2.48. The standard InChI is InChI=1S/C29H44N3O/c1-5-8-11-15-30(4)28(33)29-19-24-23-13-12-14-25-27(23)22(20-31(25)16-9-6-2)18-26(24)32(29,21-29)17-10-7-3/h12-14,20,24,26H,5-11,15-19,21H2,1-4H3/q+1/t24?,26-,29+,32?/m1/s1. The number of unbranched alkanes of at least 4 members (excludes halogenated alkanes) is 4. The topological polar surface area (TPSA) is 25.2 Å². The molecule has 3 aliphatic rings. The minimum Gasteiger partial charge on any atom is -0.347 e. The van der Waals surface area contributed by atoms with Gasteiger partial charge in [-0.1, -0.05) is 58.6 Å². The predicted molar refractivity (Wildman–Crippen MR) is 136 cm³/mol. The highest BCUT2D eigenvalue weighted by Crippen LogP contribution is 2.64. The maximum Gasteiger partial charge on any atom is 0.289 e. The number of fused-ring (bicyclic) bond motifs is 4. The van der Waals surface area contributed by atoms with Crippen LogP contribution < -0.4 is 0 Å². The minimum atomic E-state index is -0.157. The Hall–Kier alpha value is -1.81. The average Bonchev–Trinajstić information content (AvgIpc) is 3.22. The molecule has 0 bridgehead atoms. The Kier molecular flexibility index (Phi) is 6.09. The summed E-state index contributed by atoms with van der Waals surface area (Å²) in [7, 11) is 2.06. The first-order valence-electron chi connectivity index (χ1n) is 13.8. The molecule has 2 aliphatic heterocycles. The summed E-state index contributed by atoms with van der Waals surface area (Å²) in [6, 6.07) is 7.55. The van der Waals surface area contributed by atoms with Crippen LogP contribution in [0, 0.1) is 0 Å². The third-order valence-electron chi connectivity index (χ3n) is 9.30. The summed E-state index contributed by atoms with van der Waals surface area (Å²) in [5.74, 6) is 0.968. The Morgan fingerprint density at radius 1 is 1.12 bits per heavy atom. The average molecular weight is 451 g/mol. The molecule has 5 rings (SSSR count). The molecule has 0 radical (unpaired) electrons. The van der Waals surface area contributed by atoms with Gasteiger partial charge in [0, 0.05) is 56.0 Å². The number of nitrogens with zero attached hydrogens (tertiary/aromatic N) is 3. The summed E-state index contributed by atoms with van der Waals surface area (Å²) in [5, 5.41) is 1.52. The number of hydrogen-bond donors (Lipinski definition) is 0. The van der Waals surface area contributed by atoms with Crippen LogP contribution in [-0.2, 0) is 17.8 Å². The van der Waals surface area contributed by atoms with Crippen LogP contribution in [0.4, 0.5) is 0 Å². The second-order valence-corrected chi connectivity index (χ2v) is 11.3. The monoisotopic (exact) mass is 450 g/mol. The van der Waals surface area contributed by atoms with E-state index in [0.29, 0.717) is 17.9 Å². The molecule has 3 heterocycles. The zero-order valence-electron chi connectivity index (χ0n) is 21.4. The van der Waals surface area contributed by atoms with Gasteiger partial charge >= 0.3 is 0 Å². The number of aryl methyl sites for hydroxylation is 1. The first-order chi connectivity index (χ1) is 16.0. The van der Waals surface area contributed by atoms with Gasteiger partial charge in [0.15, 0.2) is 0 Å². The van der Waals surface area contributed by atoms with E-state index in [9.17, 15) is 4.79 Å². The van der Waals surface area contributed by atoms with Crippen molar-refractivity contribution in [3.63, 3.8) is 0 Å². The van der Waals surface area contributed by atoms with E-state index in [0.717, 1.165) is 43.4 Å². The van der Waals surface area contributed by atoms with Crippen molar-refractivity contribution in [1.82, 2.24) is 9.47 Å². The van der Waals surface area contributed by atoms with E-state index < -0.39 is 0 Å². The van der Waals surface area contributed by atoms with Crippen molar-refractivity contribution in [2.75, 3.05) is 26.7 Å². The molecule has 0 spiro atoms. The number of amides is 1. The van der Waals surface area contributed by atoms with Gasteiger partial charge in [-0.25, -0.2) is 0 Å². The Morgan fingerprint density at radius 2 is 1.91 bits per heavy atom. The molecule has 0 N–H and O–H groups in total. The maximum atomic E-state index is 13.9. The van der Waals surface area contributed by atoms with Crippen LogP contribution in [0.25, 0.3) is 10.9 Å². The molecule has 2 saturated heterocycles. The van der Waals surface area contributed by atoms with Gasteiger partial charge in [0.1, 0.15) is 12.6 Å². The first-order valence-corrected chi connectivity index (χ1v) is 13.8. The van der Waals surface area contributed by atoms with Crippen molar-refractivity contribution in [3.8, 4) is 0 Å². The van der Waals surface area contributed by atoms with Gasteiger partial charge < -0.3 is 9.47 Å². The van der Waals surface area contributed by atoms with Crippen LogP contribution in [0.5, 0.6) is 0 Å². The molecule has 1 aromatic carbocycles. The smallest absolute Gasteiger partial charge is 0.289 e. The predicted octanol–water partition coefficient (Wildman–Crippen LogP) is 5.87. The lowest BCUT2D eigenvalue weighted by molar-refractivity contribution is -0.840. The van der Waals surface area contributed by atoms with E-state index in [-0.39, 0.29) is 5.54 Å². The Labute approximate surface area is 200 Å². The molecule has 180 valence electrons. The number of benzene rings is 1. The van der Waals surface area contributed by atoms with Gasteiger partial charge in [0.2, 0.25) is 5.54 Å². The van der Waals surface area contributed by atoms with Gasteiger partial charge in [-0.2, -0.15) is 0 Å². The lowest BCUT2D eigenvalue weighted by atomic mass is 9.77. The van der Waals surface area contributed by atoms with Crippen LogP contribution in [0.2, 0.25) is 0 Å². The molecule has 4 heteroatoms. The van der Waals surface area contributed by atoms with Crippen molar-refractivity contribution in [3.05, 3.63) is 35.5 Å². The number of carbonyl (C=O) groups is 1. The highest BCUT2D eigenvalue weighted by Gasteiger charge is 2.83. The second-order valence-electron chi connectivity index (χ2n) is 11.3. The number of quaternary nitrogens is 1. The van der Waals surface area contributed by atoms with Crippen molar-refractivity contribution in [1.29, 1.82) is 0 Å². The van der Waals surface area contributed by atoms with Gasteiger partial charge in [0.05, 0.1) is 6.54 Å². The third kappa shape index (κ3) is 3.38. The molecule has 0 saturated carbocycles. The van der Waals surface area contributed by atoms with Crippen LogP contribution >= 0.6 is 0 Å². The van der Waals surface area contributed by atoms with Crippen molar-refractivity contribution in [2.45, 2.75) is 103 Å². The van der Waals surface area contributed by atoms with Crippen molar-refractivity contribution < 1.29 is 9.28 Å². The molecule has 2 unspecified atom stereocenters. The second kappa shape index (κ2) is 8.76. The van der Waals surface area contributed by atoms with Crippen molar-refractivity contribution in [2.24, 2.45) is 0 Å². The lowest BCUT2D eigenvalue weighted by Gasteiger charge is -2.33. The zero-order valence-corrected chi connectivity index (χ0v) is 21.4. The molecule has 4 nitrogen and oxygen atoms in total. The molecule has 1 aromatic heterocycles. The van der Waals surface area contributed by atoms with E-state index in [4.69, 9.17) is 0 Å². The van der Waals surface area contributed by atoms with E-state index in [1.165, 1.54) is 61.5 Å². The Balaban J connectivity index is 1.49. The molecular weight excluding hydrogens is 406 g/mol. The number of rotatable bonds is 11. The van der Waals surface area contributed by atoms with E-state index in [1.807, 2.05) is 0 Å². The SMILES string of the molecule is CCCCCN(C)C(=O)[C@@]12CC3c4cccc5c4c(cn5CCCC)C[C@H]3[N+]1(CCCC)C2. The van der Waals surface area contributed by atoms with E-state index in [2.05, 4.69) is 61.7 Å². The molecular formula is C29H44N3O+. The van der Waals surface area contributed by atoms with Crippen LogP contribution in [-0.4, -0.2) is 58.1 Å². The summed E-state index contributed by atoms with van der Waals surface area (Å²) in [6.07, 6.45) is 13.1. The fourth-order valence-corrected chi connectivity index (χ4v) is 7.56. The molecule has 1 amide bonds. The normalized spacial score (nSPS) is 29.2. The highest BCUT2D eigenvalue weighted by atomic mass is 16.2. The van der Waals surface area contributed by atoms with E-state index >= 15 is 0 Å². The Bertz CT molecular complexity index is 1030. The quantitative estimate of drug-likeness (QED) is 0.239. The van der Waals surface area contributed by atoms with Gasteiger partial charge in [-0.05, 0) is 36.5 Å². The number of aromatic nitrogens is 1. The van der Waals surface area contributed by atoms with Gasteiger partial charge in [-0.3, -0.25) is 9.28 Å².